The van der Waals surface area contributed by atoms with Gasteiger partial charge in [0.15, 0.2) is 6.10 Å². The number of carbonyl (C=O) groups excluding carboxylic acids is 1. The lowest BCUT2D eigenvalue weighted by atomic mass is 10.1. The molecule has 0 aliphatic carbocycles. The maximum atomic E-state index is 12.1. The minimum absolute atomic E-state index is 0.104. The molecular weight excluding hydrogens is 310 g/mol. The number of halogens is 1. The van der Waals surface area contributed by atoms with Gasteiger partial charge in [-0.15, -0.1) is 0 Å². The lowest BCUT2D eigenvalue weighted by Crippen LogP contribution is -2.37. The fraction of sp³-hybridized carbons (Fsp3) is 0.316. The van der Waals surface area contributed by atoms with Crippen LogP contribution in [0, 0.1) is 6.92 Å². The van der Waals surface area contributed by atoms with E-state index in [1.807, 2.05) is 55.5 Å². The second-order valence-electron chi connectivity index (χ2n) is 5.51. The normalized spacial score (nSPS) is 11.8. The molecule has 0 saturated heterocycles. The van der Waals surface area contributed by atoms with Crippen molar-refractivity contribution in [2.45, 2.75) is 32.8 Å². The van der Waals surface area contributed by atoms with Crippen LogP contribution >= 0.6 is 11.6 Å². The molecule has 0 aromatic heterocycles. The molecule has 1 atom stereocenters. The fourth-order valence-electron chi connectivity index (χ4n) is 2.27. The lowest BCUT2D eigenvalue weighted by molar-refractivity contribution is -0.127. The van der Waals surface area contributed by atoms with Gasteiger partial charge in [-0.1, -0.05) is 48.0 Å². The summed E-state index contributed by atoms with van der Waals surface area (Å²) in [6, 6.07) is 15.5. The highest BCUT2D eigenvalue weighted by Crippen LogP contribution is 2.18. The molecular formula is C19H22ClNO2. The number of carbonyl (C=O) groups is 1. The molecule has 122 valence electrons. The summed E-state index contributed by atoms with van der Waals surface area (Å²) in [5.74, 6) is 0.638. The van der Waals surface area contributed by atoms with Gasteiger partial charge in [-0.05, 0) is 49.9 Å². The predicted molar refractivity (Wildman–Crippen MR) is 94.1 cm³/mol. The third-order valence-electron chi connectivity index (χ3n) is 3.65. The zero-order chi connectivity index (χ0) is 16.7. The van der Waals surface area contributed by atoms with Crippen LogP contribution in [0.15, 0.2) is 48.5 Å². The first kappa shape index (κ1) is 17.4. The van der Waals surface area contributed by atoms with E-state index in [9.17, 15) is 4.79 Å². The van der Waals surface area contributed by atoms with E-state index >= 15 is 0 Å². The van der Waals surface area contributed by atoms with Gasteiger partial charge in [-0.3, -0.25) is 4.79 Å². The van der Waals surface area contributed by atoms with Gasteiger partial charge in [0, 0.05) is 11.6 Å². The molecule has 0 bridgehead atoms. The highest BCUT2D eigenvalue weighted by molar-refractivity contribution is 6.31. The van der Waals surface area contributed by atoms with E-state index in [0.717, 1.165) is 34.7 Å². The Kier molecular flexibility index (Phi) is 6.48. The lowest BCUT2D eigenvalue weighted by Gasteiger charge is -2.16. The zero-order valence-electron chi connectivity index (χ0n) is 13.5. The van der Waals surface area contributed by atoms with E-state index in [1.54, 1.807) is 6.92 Å². The van der Waals surface area contributed by atoms with E-state index in [4.69, 9.17) is 16.3 Å². The Morgan fingerprint density at radius 3 is 2.61 bits per heavy atom. The highest BCUT2D eigenvalue weighted by atomic mass is 35.5. The summed E-state index contributed by atoms with van der Waals surface area (Å²) in [6.45, 7) is 4.32. The Morgan fingerprint density at radius 2 is 1.87 bits per heavy atom. The molecule has 0 saturated carbocycles. The van der Waals surface area contributed by atoms with Crippen LogP contribution in [0.4, 0.5) is 0 Å². The van der Waals surface area contributed by atoms with E-state index < -0.39 is 6.10 Å². The van der Waals surface area contributed by atoms with Gasteiger partial charge < -0.3 is 10.1 Å². The van der Waals surface area contributed by atoms with Crippen LogP contribution in [0.25, 0.3) is 0 Å². The first-order chi connectivity index (χ1) is 11.1. The average molecular weight is 332 g/mol. The van der Waals surface area contributed by atoms with Crippen molar-refractivity contribution in [1.82, 2.24) is 5.32 Å². The monoisotopic (exact) mass is 331 g/mol. The first-order valence-corrected chi connectivity index (χ1v) is 8.19. The summed E-state index contributed by atoms with van der Waals surface area (Å²) in [4.78, 5) is 12.1. The molecule has 0 aliphatic rings. The Balaban J connectivity index is 1.74. The Bertz CT molecular complexity index is 657. The third-order valence-corrected chi connectivity index (χ3v) is 4.02. The summed E-state index contributed by atoms with van der Waals surface area (Å²) >= 11 is 6.11. The molecule has 4 heteroatoms. The van der Waals surface area contributed by atoms with E-state index in [1.165, 1.54) is 0 Å². The predicted octanol–water partition coefficient (Wildman–Crippen LogP) is 4.16. The molecule has 0 radical (unpaired) electrons. The molecule has 23 heavy (non-hydrogen) atoms. The average Bonchev–Trinajstić information content (AvgIpc) is 2.55. The minimum atomic E-state index is -0.517. The fourth-order valence-corrected chi connectivity index (χ4v) is 2.50. The second-order valence-corrected chi connectivity index (χ2v) is 5.92. The Morgan fingerprint density at radius 1 is 1.17 bits per heavy atom. The number of ether oxygens (including phenoxy) is 1. The molecule has 2 rings (SSSR count). The smallest absolute Gasteiger partial charge is 0.260 e. The van der Waals surface area contributed by atoms with E-state index in [0.29, 0.717) is 6.54 Å². The number of hydrogen-bond donors (Lipinski definition) is 1. The number of aryl methyl sites for hydroxylation is 2. The van der Waals surface area contributed by atoms with E-state index in [-0.39, 0.29) is 5.91 Å². The minimum Gasteiger partial charge on any atom is -0.481 e. The summed E-state index contributed by atoms with van der Waals surface area (Å²) in [5.41, 5.74) is 2.12. The van der Waals surface area contributed by atoms with Crippen LogP contribution in [0.2, 0.25) is 5.02 Å². The van der Waals surface area contributed by atoms with Crippen molar-refractivity contribution >= 4 is 17.5 Å². The summed E-state index contributed by atoms with van der Waals surface area (Å²) in [6.07, 6.45) is 1.16. The van der Waals surface area contributed by atoms with Crippen LogP contribution in [-0.2, 0) is 11.2 Å². The summed E-state index contributed by atoms with van der Waals surface area (Å²) in [5, 5.41) is 3.68. The zero-order valence-corrected chi connectivity index (χ0v) is 14.3. The van der Waals surface area contributed by atoms with Gasteiger partial charge >= 0.3 is 0 Å². The molecule has 0 heterocycles. The number of rotatable bonds is 7. The Hall–Kier alpha value is -2.00. The van der Waals surface area contributed by atoms with Crippen LogP contribution < -0.4 is 10.1 Å². The van der Waals surface area contributed by atoms with Crippen molar-refractivity contribution in [3.8, 4) is 5.75 Å². The van der Waals surface area contributed by atoms with Crippen LogP contribution in [-0.4, -0.2) is 18.6 Å². The largest absolute Gasteiger partial charge is 0.481 e. The molecule has 1 N–H and O–H groups in total. The molecule has 0 spiro atoms. The van der Waals surface area contributed by atoms with Crippen molar-refractivity contribution in [2.24, 2.45) is 0 Å². The molecule has 1 amide bonds. The number of hydrogen-bond acceptors (Lipinski definition) is 2. The Labute approximate surface area is 142 Å². The van der Waals surface area contributed by atoms with Gasteiger partial charge in [0.05, 0.1) is 0 Å². The molecule has 3 nitrogen and oxygen atoms in total. The first-order valence-electron chi connectivity index (χ1n) is 7.81. The van der Waals surface area contributed by atoms with Crippen molar-refractivity contribution in [3.63, 3.8) is 0 Å². The number of para-hydroxylation sites is 1. The quantitative estimate of drug-likeness (QED) is 0.773. The third kappa shape index (κ3) is 5.29. The van der Waals surface area contributed by atoms with Gasteiger partial charge in [-0.25, -0.2) is 0 Å². The van der Waals surface area contributed by atoms with Crippen LogP contribution in [0.5, 0.6) is 5.75 Å². The molecule has 2 aromatic carbocycles. The van der Waals surface area contributed by atoms with Gasteiger partial charge in [0.2, 0.25) is 0 Å². The maximum Gasteiger partial charge on any atom is 0.260 e. The van der Waals surface area contributed by atoms with Gasteiger partial charge in [0.1, 0.15) is 5.75 Å². The van der Waals surface area contributed by atoms with Crippen molar-refractivity contribution in [1.29, 1.82) is 0 Å². The standard InChI is InChI=1S/C19H22ClNO2/c1-14-8-3-6-12-18(14)23-15(2)19(22)21-13-7-10-16-9-4-5-11-17(16)20/h3-6,8-9,11-12,15H,7,10,13H2,1-2H3,(H,21,22)/t15-/m1/s1. The molecule has 0 aliphatic heterocycles. The van der Waals surface area contributed by atoms with Crippen molar-refractivity contribution < 1.29 is 9.53 Å². The maximum absolute atomic E-state index is 12.1. The summed E-state index contributed by atoms with van der Waals surface area (Å²) in [7, 11) is 0. The second kappa shape index (κ2) is 8.59. The van der Waals surface area contributed by atoms with Crippen LogP contribution in [0.1, 0.15) is 24.5 Å². The number of nitrogens with one attached hydrogen (secondary N) is 1. The van der Waals surface area contributed by atoms with Gasteiger partial charge in [0.25, 0.3) is 5.91 Å². The highest BCUT2D eigenvalue weighted by Gasteiger charge is 2.14. The topological polar surface area (TPSA) is 38.3 Å². The van der Waals surface area contributed by atoms with Crippen molar-refractivity contribution in [2.75, 3.05) is 6.54 Å². The SMILES string of the molecule is Cc1ccccc1O[C@H](C)C(=O)NCCCc1ccccc1Cl. The summed E-state index contributed by atoms with van der Waals surface area (Å²) < 4.78 is 5.71. The van der Waals surface area contributed by atoms with E-state index in [2.05, 4.69) is 5.32 Å². The molecule has 2 aromatic rings. The molecule has 0 unspecified atom stereocenters. The molecule has 0 fully saturated rings. The van der Waals surface area contributed by atoms with Gasteiger partial charge in [-0.2, -0.15) is 0 Å². The number of benzene rings is 2. The number of amides is 1. The van der Waals surface area contributed by atoms with Crippen molar-refractivity contribution in [3.05, 3.63) is 64.7 Å². The van der Waals surface area contributed by atoms with Crippen LogP contribution in [0.3, 0.4) is 0 Å².